The molecular weight excluding hydrogens is 244 g/mol. The summed E-state index contributed by atoms with van der Waals surface area (Å²) in [5, 5.41) is 12.2. The van der Waals surface area contributed by atoms with Gasteiger partial charge in [0.25, 0.3) is 0 Å². The third-order valence-electron chi connectivity index (χ3n) is 3.70. The topological polar surface area (TPSA) is 61.8 Å². The van der Waals surface area contributed by atoms with Crippen molar-refractivity contribution >= 4 is 5.91 Å². The molecule has 0 aromatic heterocycles. The number of likely N-dealkylation sites (tertiary alicyclic amines) is 1. The highest BCUT2D eigenvalue weighted by Gasteiger charge is 2.26. The Morgan fingerprint density at radius 3 is 3.05 bits per heavy atom. The molecule has 5 heteroatoms. The van der Waals surface area contributed by atoms with Gasteiger partial charge in [0, 0.05) is 32.9 Å². The number of nitrogens with one attached hydrogen (secondary N) is 1. The molecule has 1 aliphatic heterocycles. The number of carbonyl (C=O) groups excluding carboxylic acids is 1. The van der Waals surface area contributed by atoms with E-state index < -0.39 is 0 Å². The summed E-state index contributed by atoms with van der Waals surface area (Å²) in [4.78, 5) is 14.2. The highest BCUT2D eigenvalue weighted by atomic mass is 16.5. The molecule has 0 aliphatic carbocycles. The van der Waals surface area contributed by atoms with Crippen molar-refractivity contribution in [1.82, 2.24) is 10.2 Å². The Bertz CT molecular complexity index is 261. The van der Waals surface area contributed by atoms with Crippen LogP contribution in [-0.4, -0.2) is 61.4 Å². The molecule has 19 heavy (non-hydrogen) atoms. The Labute approximate surface area is 116 Å². The number of ether oxygens (including phenoxy) is 1. The van der Waals surface area contributed by atoms with Crippen LogP contribution >= 0.6 is 0 Å². The van der Waals surface area contributed by atoms with E-state index >= 15 is 0 Å². The van der Waals surface area contributed by atoms with Crippen LogP contribution in [0.2, 0.25) is 0 Å². The molecule has 1 fully saturated rings. The third-order valence-corrected chi connectivity index (χ3v) is 3.70. The van der Waals surface area contributed by atoms with Crippen LogP contribution < -0.4 is 5.32 Å². The number of aliphatic hydroxyl groups excluding tert-OH is 1. The van der Waals surface area contributed by atoms with Crippen LogP contribution in [0.15, 0.2) is 0 Å². The summed E-state index contributed by atoms with van der Waals surface area (Å²) in [6.07, 6.45) is 2.98. The van der Waals surface area contributed by atoms with E-state index in [0.29, 0.717) is 19.1 Å². The molecule has 2 N–H and O–H groups in total. The summed E-state index contributed by atoms with van der Waals surface area (Å²) in [5.74, 6) is 0.400. The van der Waals surface area contributed by atoms with Gasteiger partial charge in [0.05, 0.1) is 6.04 Å². The number of nitrogens with zero attached hydrogens (tertiary/aromatic N) is 1. The highest BCUT2D eigenvalue weighted by molar-refractivity contribution is 5.81. The molecule has 1 amide bonds. The van der Waals surface area contributed by atoms with Crippen molar-refractivity contribution in [2.24, 2.45) is 5.92 Å². The summed E-state index contributed by atoms with van der Waals surface area (Å²) >= 11 is 0. The summed E-state index contributed by atoms with van der Waals surface area (Å²) in [5.41, 5.74) is 0. The van der Waals surface area contributed by atoms with E-state index in [1.54, 1.807) is 0 Å². The highest BCUT2D eigenvalue weighted by Crippen LogP contribution is 2.17. The van der Waals surface area contributed by atoms with Crippen LogP contribution in [0.25, 0.3) is 0 Å². The zero-order chi connectivity index (χ0) is 14.1. The van der Waals surface area contributed by atoms with Crippen molar-refractivity contribution in [2.45, 2.75) is 39.2 Å². The maximum Gasteiger partial charge on any atom is 0.237 e. The number of piperidine rings is 1. The van der Waals surface area contributed by atoms with Gasteiger partial charge >= 0.3 is 0 Å². The Balaban J connectivity index is 2.23. The van der Waals surface area contributed by atoms with Crippen molar-refractivity contribution in [3.8, 4) is 0 Å². The molecule has 1 saturated heterocycles. The Morgan fingerprint density at radius 2 is 2.37 bits per heavy atom. The minimum Gasteiger partial charge on any atom is -0.396 e. The molecule has 1 aliphatic rings. The molecule has 0 bridgehead atoms. The summed E-state index contributed by atoms with van der Waals surface area (Å²) in [6.45, 7) is 7.99. The molecule has 0 saturated carbocycles. The third kappa shape index (κ3) is 5.89. The first-order valence-electron chi connectivity index (χ1n) is 7.39. The van der Waals surface area contributed by atoms with Crippen LogP contribution in [0, 0.1) is 5.92 Å². The first-order chi connectivity index (χ1) is 9.19. The van der Waals surface area contributed by atoms with Crippen LogP contribution in [0.5, 0.6) is 0 Å². The summed E-state index contributed by atoms with van der Waals surface area (Å²) in [7, 11) is 0. The first-order valence-corrected chi connectivity index (χ1v) is 7.39. The standard InChI is InChI=1S/C14H28N2O3/c1-3-19-9-5-7-15-14(18)12(2)16-8-4-6-13(10-16)11-17/h12-13,17H,3-11H2,1-2H3,(H,15,18). The number of carbonyl (C=O) groups is 1. The lowest BCUT2D eigenvalue weighted by Gasteiger charge is -2.35. The minimum absolute atomic E-state index is 0.0788. The van der Waals surface area contributed by atoms with Crippen molar-refractivity contribution in [3.63, 3.8) is 0 Å². The second-order valence-corrected chi connectivity index (χ2v) is 5.20. The van der Waals surface area contributed by atoms with Gasteiger partial charge in [0.1, 0.15) is 0 Å². The van der Waals surface area contributed by atoms with Gasteiger partial charge in [0.2, 0.25) is 5.91 Å². The van der Waals surface area contributed by atoms with Gasteiger partial charge in [-0.1, -0.05) is 0 Å². The van der Waals surface area contributed by atoms with E-state index in [4.69, 9.17) is 4.74 Å². The van der Waals surface area contributed by atoms with Crippen LogP contribution in [0.3, 0.4) is 0 Å². The largest absolute Gasteiger partial charge is 0.396 e. The SMILES string of the molecule is CCOCCCNC(=O)C(C)N1CCCC(CO)C1. The van der Waals surface area contributed by atoms with Gasteiger partial charge in [-0.15, -0.1) is 0 Å². The zero-order valence-corrected chi connectivity index (χ0v) is 12.2. The fourth-order valence-corrected chi connectivity index (χ4v) is 2.44. The predicted molar refractivity (Wildman–Crippen MR) is 75.0 cm³/mol. The van der Waals surface area contributed by atoms with E-state index in [1.807, 2.05) is 13.8 Å². The summed E-state index contributed by atoms with van der Waals surface area (Å²) < 4.78 is 5.23. The van der Waals surface area contributed by atoms with Gasteiger partial charge in [-0.05, 0) is 45.6 Å². The number of hydrogen-bond acceptors (Lipinski definition) is 4. The molecule has 112 valence electrons. The normalized spacial score (nSPS) is 22.2. The molecule has 0 spiro atoms. The predicted octanol–water partition coefficient (Wildman–Crippen LogP) is 0.622. The first kappa shape index (κ1) is 16.4. The molecule has 0 aromatic rings. The monoisotopic (exact) mass is 272 g/mol. The van der Waals surface area contributed by atoms with Crippen LogP contribution in [-0.2, 0) is 9.53 Å². The lowest BCUT2D eigenvalue weighted by atomic mass is 9.97. The second kappa shape index (κ2) is 9.28. The molecule has 1 rings (SSSR count). The number of aliphatic hydroxyl groups is 1. The maximum atomic E-state index is 12.0. The van der Waals surface area contributed by atoms with E-state index in [1.165, 1.54) is 0 Å². The van der Waals surface area contributed by atoms with Gasteiger partial charge in [-0.2, -0.15) is 0 Å². The smallest absolute Gasteiger partial charge is 0.237 e. The average molecular weight is 272 g/mol. The fraction of sp³-hybridized carbons (Fsp3) is 0.929. The van der Waals surface area contributed by atoms with E-state index in [9.17, 15) is 9.90 Å². The van der Waals surface area contributed by atoms with Gasteiger partial charge in [0.15, 0.2) is 0 Å². The Hall–Kier alpha value is -0.650. The van der Waals surface area contributed by atoms with Crippen molar-refractivity contribution in [3.05, 3.63) is 0 Å². The average Bonchev–Trinajstić information content (AvgIpc) is 2.46. The number of hydrogen-bond donors (Lipinski definition) is 2. The number of amides is 1. The Kier molecular flexibility index (Phi) is 8.02. The molecule has 0 radical (unpaired) electrons. The molecular formula is C14H28N2O3. The van der Waals surface area contributed by atoms with Crippen LogP contribution in [0.4, 0.5) is 0 Å². The van der Waals surface area contributed by atoms with Gasteiger partial charge < -0.3 is 15.2 Å². The molecule has 5 nitrogen and oxygen atoms in total. The van der Waals surface area contributed by atoms with Gasteiger partial charge in [-0.25, -0.2) is 0 Å². The molecule has 2 atom stereocenters. The molecule has 0 aromatic carbocycles. The van der Waals surface area contributed by atoms with E-state index in [0.717, 1.165) is 39.0 Å². The van der Waals surface area contributed by atoms with E-state index in [2.05, 4.69) is 10.2 Å². The lowest BCUT2D eigenvalue weighted by Crippen LogP contribution is -2.49. The maximum absolute atomic E-state index is 12.0. The fourth-order valence-electron chi connectivity index (χ4n) is 2.44. The Morgan fingerprint density at radius 1 is 1.58 bits per heavy atom. The zero-order valence-electron chi connectivity index (χ0n) is 12.2. The van der Waals surface area contributed by atoms with Crippen molar-refractivity contribution in [1.29, 1.82) is 0 Å². The van der Waals surface area contributed by atoms with E-state index in [-0.39, 0.29) is 18.6 Å². The quantitative estimate of drug-likeness (QED) is 0.636. The van der Waals surface area contributed by atoms with Gasteiger partial charge in [-0.3, -0.25) is 9.69 Å². The number of rotatable bonds is 8. The summed E-state index contributed by atoms with van der Waals surface area (Å²) in [6, 6.07) is -0.110. The minimum atomic E-state index is -0.110. The lowest BCUT2D eigenvalue weighted by molar-refractivity contribution is -0.126. The second-order valence-electron chi connectivity index (χ2n) is 5.20. The molecule has 2 unspecified atom stereocenters. The van der Waals surface area contributed by atoms with Crippen molar-refractivity contribution < 1.29 is 14.6 Å². The van der Waals surface area contributed by atoms with Crippen molar-refractivity contribution in [2.75, 3.05) is 39.5 Å². The van der Waals surface area contributed by atoms with Crippen LogP contribution in [0.1, 0.15) is 33.1 Å². The molecule has 1 heterocycles.